The molecule has 0 heterocycles. The number of nitriles is 1. The molecule has 0 aliphatic rings. The molecule has 0 saturated heterocycles. The fraction of sp³-hybridized carbons (Fsp3) is 0.222. The minimum absolute atomic E-state index is 0.345. The van der Waals surface area contributed by atoms with E-state index in [1.165, 1.54) is 0 Å². The van der Waals surface area contributed by atoms with Gasteiger partial charge in [0, 0.05) is 0 Å². The number of benzene rings is 2. The molecule has 2 rings (SSSR count). The zero-order valence-electron chi connectivity index (χ0n) is 12.4. The normalized spacial score (nSPS) is 10.8. The van der Waals surface area contributed by atoms with Crippen LogP contribution in [0.5, 0.6) is 0 Å². The highest BCUT2D eigenvalue weighted by Gasteiger charge is 2.20. The van der Waals surface area contributed by atoms with Crippen LogP contribution >= 0.6 is 0 Å². The monoisotopic (exact) mass is 279 g/mol. The predicted octanol–water partition coefficient (Wildman–Crippen LogP) is 4.18. The summed E-state index contributed by atoms with van der Waals surface area (Å²) in [5.74, 6) is -0.345. The molecule has 0 spiro atoms. The van der Waals surface area contributed by atoms with Gasteiger partial charge in [0.15, 0.2) is 0 Å². The van der Waals surface area contributed by atoms with E-state index in [9.17, 15) is 4.79 Å². The molecule has 0 bridgehead atoms. The largest absolute Gasteiger partial charge is 0.456 e. The van der Waals surface area contributed by atoms with Crippen molar-refractivity contribution in [1.82, 2.24) is 0 Å². The average Bonchev–Trinajstić information content (AvgIpc) is 2.45. The highest BCUT2D eigenvalue weighted by Crippen LogP contribution is 2.25. The van der Waals surface area contributed by atoms with Crippen LogP contribution in [-0.4, -0.2) is 11.6 Å². The van der Waals surface area contributed by atoms with E-state index in [1.54, 1.807) is 18.2 Å². The molecule has 0 aliphatic carbocycles. The molecule has 106 valence electrons. The van der Waals surface area contributed by atoms with Crippen LogP contribution in [-0.2, 0) is 4.74 Å². The molecular formula is C18H17NO2. The molecule has 0 saturated carbocycles. The average molecular weight is 279 g/mol. The molecule has 0 N–H and O–H groups in total. The number of rotatable bonds is 2. The lowest BCUT2D eigenvalue weighted by Gasteiger charge is -2.20. The first-order valence-corrected chi connectivity index (χ1v) is 6.73. The van der Waals surface area contributed by atoms with Crippen LogP contribution in [0.25, 0.3) is 11.1 Å². The first kappa shape index (κ1) is 14.8. The maximum Gasteiger partial charge on any atom is 0.339 e. The van der Waals surface area contributed by atoms with Crippen LogP contribution in [0.3, 0.4) is 0 Å². The van der Waals surface area contributed by atoms with Crippen molar-refractivity contribution in [3.05, 3.63) is 59.7 Å². The van der Waals surface area contributed by atoms with Crippen molar-refractivity contribution in [2.75, 3.05) is 0 Å². The molecule has 0 aliphatic heterocycles. The third-order valence-electron chi connectivity index (χ3n) is 2.87. The van der Waals surface area contributed by atoms with Crippen molar-refractivity contribution in [1.29, 1.82) is 5.26 Å². The smallest absolute Gasteiger partial charge is 0.339 e. The number of ether oxygens (including phenoxy) is 1. The summed E-state index contributed by atoms with van der Waals surface area (Å²) < 4.78 is 5.44. The molecule has 2 aromatic carbocycles. The van der Waals surface area contributed by atoms with E-state index in [-0.39, 0.29) is 5.97 Å². The summed E-state index contributed by atoms with van der Waals surface area (Å²) in [7, 11) is 0. The minimum atomic E-state index is -0.533. The van der Waals surface area contributed by atoms with Crippen LogP contribution in [0.4, 0.5) is 0 Å². The second kappa shape index (κ2) is 5.80. The third kappa shape index (κ3) is 3.70. The molecule has 0 atom stereocenters. The van der Waals surface area contributed by atoms with E-state index in [2.05, 4.69) is 6.07 Å². The van der Waals surface area contributed by atoms with E-state index < -0.39 is 5.60 Å². The quantitative estimate of drug-likeness (QED) is 0.775. The standard InChI is InChI=1S/C18H17NO2/c1-18(2,3)21-17(20)16-7-5-4-6-15(16)14-10-8-13(12-19)9-11-14/h4-11H,1-3H3. The fourth-order valence-corrected chi connectivity index (χ4v) is 1.97. The molecule has 21 heavy (non-hydrogen) atoms. The van der Waals surface area contributed by atoms with E-state index in [4.69, 9.17) is 10.00 Å². The molecule has 3 heteroatoms. The van der Waals surface area contributed by atoms with Gasteiger partial charge in [-0.3, -0.25) is 0 Å². The van der Waals surface area contributed by atoms with Crippen molar-refractivity contribution in [2.45, 2.75) is 26.4 Å². The van der Waals surface area contributed by atoms with Crippen LogP contribution in [0.2, 0.25) is 0 Å². The molecule has 3 nitrogen and oxygen atoms in total. The van der Waals surface area contributed by atoms with Crippen LogP contribution in [0.15, 0.2) is 48.5 Å². The summed E-state index contributed by atoms with van der Waals surface area (Å²) in [6.45, 7) is 5.53. The number of carbonyl (C=O) groups excluding carboxylic acids is 1. The van der Waals surface area contributed by atoms with E-state index in [1.807, 2.05) is 51.1 Å². The second-order valence-corrected chi connectivity index (χ2v) is 5.74. The Morgan fingerprint density at radius 2 is 1.67 bits per heavy atom. The summed E-state index contributed by atoms with van der Waals surface area (Å²) in [5, 5.41) is 8.85. The topological polar surface area (TPSA) is 50.1 Å². The molecular weight excluding hydrogens is 262 g/mol. The summed E-state index contributed by atoms with van der Waals surface area (Å²) in [6.07, 6.45) is 0. The summed E-state index contributed by atoms with van der Waals surface area (Å²) in [4.78, 5) is 12.3. The summed E-state index contributed by atoms with van der Waals surface area (Å²) >= 11 is 0. The van der Waals surface area contributed by atoms with Crippen molar-refractivity contribution < 1.29 is 9.53 Å². The maximum atomic E-state index is 12.3. The van der Waals surface area contributed by atoms with Crippen molar-refractivity contribution >= 4 is 5.97 Å². The number of nitrogens with zero attached hydrogens (tertiary/aromatic N) is 1. The van der Waals surface area contributed by atoms with Gasteiger partial charge in [-0.15, -0.1) is 0 Å². The van der Waals surface area contributed by atoms with Crippen LogP contribution in [0, 0.1) is 11.3 Å². The zero-order chi connectivity index (χ0) is 15.5. The van der Waals surface area contributed by atoms with E-state index in [0.29, 0.717) is 11.1 Å². The second-order valence-electron chi connectivity index (χ2n) is 5.74. The Morgan fingerprint density at radius 1 is 1.05 bits per heavy atom. The van der Waals surface area contributed by atoms with Crippen molar-refractivity contribution in [3.8, 4) is 17.2 Å². The van der Waals surface area contributed by atoms with E-state index >= 15 is 0 Å². The van der Waals surface area contributed by atoms with Gasteiger partial charge in [0.1, 0.15) is 5.60 Å². The van der Waals surface area contributed by atoms with Crippen molar-refractivity contribution in [2.24, 2.45) is 0 Å². The Kier molecular flexibility index (Phi) is 4.09. The van der Waals surface area contributed by atoms with Gasteiger partial charge in [-0.1, -0.05) is 30.3 Å². The number of esters is 1. The van der Waals surface area contributed by atoms with Crippen molar-refractivity contribution in [3.63, 3.8) is 0 Å². The summed E-state index contributed by atoms with van der Waals surface area (Å²) in [6, 6.07) is 16.5. The van der Waals surface area contributed by atoms with Crippen LogP contribution < -0.4 is 0 Å². The van der Waals surface area contributed by atoms with Gasteiger partial charge >= 0.3 is 5.97 Å². The number of hydrogen-bond donors (Lipinski definition) is 0. The lowest BCUT2D eigenvalue weighted by atomic mass is 9.98. The molecule has 0 radical (unpaired) electrons. The molecule has 0 unspecified atom stereocenters. The maximum absolute atomic E-state index is 12.3. The highest BCUT2D eigenvalue weighted by atomic mass is 16.6. The Balaban J connectivity index is 2.41. The molecule has 2 aromatic rings. The predicted molar refractivity (Wildman–Crippen MR) is 81.8 cm³/mol. The first-order valence-electron chi connectivity index (χ1n) is 6.73. The summed E-state index contributed by atoms with van der Waals surface area (Å²) in [5.41, 5.74) is 2.27. The Morgan fingerprint density at radius 3 is 2.24 bits per heavy atom. The van der Waals surface area contributed by atoms with E-state index in [0.717, 1.165) is 11.1 Å². The number of hydrogen-bond acceptors (Lipinski definition) is 3. The van der Waals surface area contributed by atoms with Gasteiger partial charge in [0.05, 0.1) is 17.2 Å². The Labute approximate surface area is 124 Å². The van der Waals surface area contributed by atoms with Gasteiger partial charge in [-0.25, -0.2) is 4.79 Å². The SMILES string of the molecule is CC(C)(C)OC(=O)c1ccccc1-c1ccc(C#N)cc1. The Hall–Kier alpha value is -2.60. The lowest BCUT2D eigenvalue weighted by molar-refractivity contribution is 0.00705. The third-order valence-corrected chi connectivity index (χ3v) is 2.87. The van der Waals surface area contributed by atoms with Gasteiger partial charge < -0.3 is 4.74 Å². The fourth-order valence-electron chi connectivity index (χ4n) is 1.97. The molecule has 0 amide bonds. The van der Waals surface area contributed by atoms with Gasteiger partial charge in [-0.2, -0.15) is 5.26 Å². The lowest BCUT2D eigenvalue weighted by Crippen LogP contribution is -2.24. The molecule has 0 aromatic heterocycles. The van der Waals surface area contributed by atoms with Gasteiger partial charge in [-0.05, 0) is 50.1 Å². The van der Waals surface area contributed by atoms with Crippen LogP contribution in [0.1, 0.15) is 36.7 Å². The zero-order valence-corrected chi connectivity index (χ0v) is 12.4. The first-order chi connectivity index (χ1) is 9.90. The molecule has 0 fully saturated rings. The highest BCUT2D eigenvalue weighted by molar-refractivity contribution is 5.97. The minimum Gasteiger partial charge on any atom is -0.456 e. The van der Waals surface area contributed by atoms with Gasteiger partial charge in [0.2, 0.25) is 0 Å². The number of carbonyl (C=O) groups is 1. The Bertz CT molecular complexity index is 688. The van der Waals surface area contributed by atoms with Gasteiger partial charge in [0.25, 0.3) is 0 Å².